The zero-order valence-corrected chi connectivity index (χ0v) is 9.95. The van der Waals surface area contributed by atoms with Gasteiger partial charge in [-0.25, -0.2) is 0 Å². The molecule has 16 heavy (non-hydrogen) atoms. The van der Waals surface area contributed by atoms with E-state index in [0.717, 1.165) is 19.1 Å². The Morgan fingerprint density at radius 3 is 3.12 bits per heavy atom. The van der Waals surface area contributed by atoms with E-state index in [0.29, 0.717) is 5.92 Å². The molecule has 2 nitrogen and oxygen atoms in total. The van der Waals surface area contributed by atoms with Gasteiger partial charge in [-0.2, -0.15) is 0 Å². The smallest absolute Gasteiger partial charge is 0.0401 e. The van der Waals surface area contributed by atoms with Gasteiger partial charge in [0.2, 0.25) is 0 Å². The highest BCUT2D eigenvalue weighted by Gasteiger charge is 2.34. The van der Waals surface area contributed by atoms with Crippen molar-refractivity contribution in [2.45, 2.75) is 32.2 Å². The standard InChI is InChI=1S/C14H20N2/c1-10-2-5-14-12(6-10)3-4-13-7-11(8-15)9-16(13)14/h2,5-6,11,13H,3-4,7-9,15H2,1H3. The number of hydrogen-bond acceptors (Lipinski definition) is 2. The molecule has 2 atom stereocenters. The van der Waals surface area contributed by atoms with Crippen molar-refractivity contribution < 1.29 is 0 Å². The fourth-order valence-corrected chi connectivity index (χ4v) is 3.27. The Labute approximate surface area is 97.4 Å². The average Bonchev–Trinajstić information content (AvgIpc) is 2.71. The van der Waals surface area contributed by atoms with Crippen LogP contribution in [0, 0.1) is 12.8 Å². The zero-order chi connectivity index (χ0) is 11.1. The first-order valence-corrected chi connectivity index (χ1v) is 6.34. The van der Waals surface area contributed by atoms with E-state index in [2.05, 4.69) is 30.0 Å². The molecule has 0 bridgehead atoms. The van der Waals surface area contributed by atoms with E-state index in [-0.39, 0.29) is 0 Å². The SMILES string of the molecule is Cc1ccc2c(c1)CCC1CC(CN)CN21. The van der Waals surface area contributed by atoms with Crippen LogP contribution in [0.2, 0.25) is 0 Å². The Bertz CT molecular complexity index is 400. The molecular weight excluding hydrogens is 196 g/mol. The molecular formula is C14H20N2. The van der Waals surface area contributed by atoms with Crippen LogP contribution >= 0.6 is 0 Å². The molecule has 2 heterocycles. The van der Waals surface area contributed by atoms with E-state index in [9.17, 15) is 0 Å². The third kappa shape index (κ3) is 1.52. The molecule has 1 fully saturated rings. The van der Waals surface area contributed by atoms with E-state index < -0.39 is 0 Å². The number of rotatable bonds is 1. The number of benzene rings is 1. The van der Waals surface area contributed by atoms with Gasteiger partial charge in [0.05, 0.1) is 0 Å². The third-order valence-corrected chi connectivity index (χ3v) is 4.13. The second kappa shape index (κ2) is 3.77. The Kier molecular flexibility index (Phi) is 2.40. The summed E-state index contributed by atoms with van der Waals surface area (Å²) >= 11 is 0. The van der Waals surface area contributed by atoms with Crippen molar-refractivity contribution in [3.05, 3.63) is 29.3 Å². The molecule has 3 rings (SSSR count). The molecule has 0 spiro atoms. The van der Waals surface area contributed by atoms with Crippen LogP contribution in [-0.4, -0.2) is 19.1 Å². The fraction of sp³-hybridized carbons (Fsp3) is 0.571. The highest BCUT2D eigenvalue weighted by Crippen LogP contribution is 2.38. The largest absolute Gasteiger partial charge is 0.368 e. The maximum Gasteiger partial charge on any atom is 0.0401 e. The number of fused-ring (bicyclic) bond motifs is 3. The summed E-state index contributed by atoms with van der Waals surface area (Å²) in [6.45, 7) is 4.18. The molecule has 0 radical (unpaired) electrons. The van der Waals surface area contributed by atoms with Crippen molar-refractivity contribution in [2.24, 2.45) is 11.7 Å². The molecule has 2 unspecified atom stereocenters. The molecule has 1 aromatic carbocycles. The first kappa shape index (κ1) is 10.2. The van der Waals surface area contributed by atoms with Crippen LogP contribution in [0.1, 0.15) is 24.0 Å². The predicted molar refractivity (Wildman–Crippen MR) is 67.8 cm³/mol. The van der Waals surface area contributed by atoms with Gasteiger partial charge in [-0.15, -0.1) is 0 Å². The molecule has 0 saturated carbocycles. The van der Waals surface area contributed by atoms with Crippen LogP contribution < -0.4 is 10.6 Å². The predicted octanol–water partition coefficient (Wildman–Crippen LogP) is 2.09. The first-order valence-electron chi connectivity index (χ1n) is 6.34. The number of aryl methyl sites for hydroxylation is 2. The Morgan fingerprint density at radius 2 is 2.31 bits per heavy atom. The topological polar surface area (TPSA) is 29.3 Å². The minimum absolute atomic E-state index is 0.706. The number of nitrogens with zero attached hydrogens (tertiary/aromatic N) is 1. The molecule has 2 N–H and O–H groups in total. The van der Waals surface area contributed by atoms with Crippen molar-refractivity contribution in [3.63, 3.8) is 0 Å². The Hall–Kier alpha value is -1.02. The summed E-state index contributed by atoms with van der Waals surface area (Å²) in [6, 6.07) is 7.64. The average molecular weight is 216 g/mol. The van der Waals surface area contributed by atoms with E-state index in [1.807, 2.05) is 0 Å². The van der Waals surface area contributed by atoms with Crippen LogP contribution in [0.3, 0.4) is 0 Å². The summed E-state index contributed by atoms with van der Waals surface area (Å²) in [5.74, 6) is 0.706. The lowest BCUT2D eigenvalue weighted by Gasteiger charge is -2.33. The highest BCUT2D eigenvalue weighted by atomic mass is 15.2. The number of nitrogens with two attached hydrogens (primary N) is 1. The summed E-state index contributed by atoms with van der Waals surface area (Å²) in [4.78, 5) is 2.59. The molecule has 2 heteroatoms. The van der Waals surface area contributed by atoms with E-state index in [1.165, 1.54) is 36.1 Å². The molecule has 86 valence electrons. The van der Waals surface area contributed by atoms with Crippen molar-refractivity contribution in [3.8, 4) is 0 Å². The minimum Gasteiger partial charge on any atom is -0.368 e. The van der Waals surface area contributed by atoms with Gasteiger partial charge in [-0.05, 0) is 50.3 Å². The molecule has 0 aromatic heterocycles. The van der Waals surface area contributed by atoms with Crippen molar-refractivity contribution in [1.82, 2.24) is 0 Å². The van der Waals surface area contributed by atoms with Crippen LogP contribution in [-0.2, 0) is 6.42 Å². The van der Waals surface area contributed by atoms with Crippen LogP contribution in [0.25, 0.3) is 0 Å². The molecule has 0 aliphatic carbocycles. The van der Waals surface area contributed by atoms with Gasteiger partial charge in [0, 0.05) is 18.3 Å². The van der Waals surface area contributed by atoms with Crippen molar-refractivity contribution in [1.29, 1.82) is 0 Å². The highest BCUT2D eigenvalue weighted by molar-refractivity contribution is 5.58. The first-order chi connectivity index (χ1) is 7.78. The molecule has 2 aliphatic rings. The summed E-state index contributed by atoms with van der Waals surface area (Å²) in [5, 5.41) is 0. The Balaban J connectivity index is 1.94. The van der Waals surface area contributed by atoms with Gasteiger partial charge in [0.25, 0.3) is 0 Å². The molecule has 2 aliphatic heterocycles. The van der Waals surface area contributed by atoms with E-state index >= 15 is 0 Å². The maximum absolute atomic E-state index is 5.81. The minimum atomic E-state index is 0.706. The maximum atomic E-state index is 5.81. The third-order valence-electron chi connectivity index (χ3n) is 4.13. The summed E-state index contributed by atoms with van der Waals surface area (Å²) < 4.78 is 0. The van der Waals surface area contributed by atoms with E-state index in [1.54, 1.807) is 0 Å². The van der Waals surface area contributed by atoms with Gasteiger partial charge in [-0.1, -0.05) is 17.7 Å². The van der Waals surface area contributed by atoms with Crippen LogP contribution in [0.4, 0.5) is 5.69 Å². The van der Waals surface area contributed by atoms with Crippen molar-refractivity contribution >= 4 is 5.69 Å². The Morgan fingerprint density at radius 1 is 1.44 bits per heavy atom. The lowest BCUT2D eigenvalue weighted by Crippen LogP contribution is -2.34. The second-order valence-corrected chi connectivity index (χ2v) is 5.31. The van der Waals surface area contributed by atoms with Gasteiger partial charge in [0.15, 0.2) is 0 Å². The summed E-state index contributed by atoms with van der Waals surface area (Å²) in [7, 11) is 0. The van der Waals surface area contributed by atoms with Gasteiger partial charge < -0.3 is 10.6 Å². The van der Waals surface area contributed by atoms with Gasteiger partial charge in [0.1, 0.15) is 0 Å². The van der Waals surface area contributed by atoms with E-state index in [4.69, 9.17) is 5.73 Å². The second-order valence-electron chi connectivity index (χ2n) is 5.31. The summed E-state index contributed by atoms with van der Waals surface area (Å²) in [5.41, 5.74) is 10.2. The molecule has 1 saturated heterocycles. The number of hydrogen-bond donors (Lipinski definition) is 1. The monoisotopic (exact) mass is 216 g/mol. The van der Waals surface area contributed by atoms with Crippen LogP contribution in [0.15, 0.2) is 18.2 Å². The zero-order valence-electron chi connectivity index (χ0n) is 9.95. The molecule has 1 aromatic rings. The summed E-state index contributed by atoms with van der Waals surface area (Å²) in [6.07, 6.45) is 3.85. The lowest BCUT2D eigenvalue weighted by atomic mass is 9.94. The number of anilines is 1. The molecule has 0 amide bonds. The van der Waals surface area contributed by atoms with Gasteiger partial charge in [-0.3, -0.25) is 0 Å². The van der Waals surface area contributed by atoms with Gasteiger partial charge >= 0.3 is 0 Å². The van der Waals surface area contributed by atoms with Crippen molar-refractivity contribution in [2.75, 3.05) is 18.0 Å². The fourth-order valence-electron chi connectivity index (χ4n) is 3.27. The lowest BCUT2D eigenvalue weighted by molar-refractivity contribution is 0.537. The quantitative estimate of drug-likeness (QED) is 0.779. The van der Waals surface area contributed by atoms with Crippen LogP contribution in [0.5, 0.6) is 0 Å². The normalized spacial score (nSPS) is 27.8.